The van der Waals surface area contributed by atoms with Gasteiger partial charge in [-0.2, -0.15) is 0 Å². The molecule has 1 amide bonds. The van der Waals surface area contributed by atoms with Crippen LogP contribution in [0.15, 0.2) is 48.3 Å². The van der Waals surface area contributed by atoms with Crippen molar-refractivity contribution in [3.8, 4) is 5.75 Å². The van der Waals surface area contributed by atoms with Gasteiger partial charge in [0.1, 0.15) is 30.3 Å². The molecular formula is C21H19Cl2FN4O3. The molecule has 0 aliphatic carbocycles. The molecule has 162 valence electrons. The number of benzene rings is 2. The van der Waals surface area contributed by atoms with Crippen LogP contribution in [0.1, 0.15) is 6.92 Å². The van der Waals surface area contributed by atoms with Gasteiger partial charge in [0, 0.05) is 35.4 Å². The molecule has 1 heterocycles. The lowest BCUT2D eigenvalue weighted by Crippen LogP contribution is -2.12. The van der Waals surface area contributed by atoms with Crippen LogP contribution in [0.25, 0.3) is 10.9 Å². The van der Waals surface area contributed by atoms with E-state index in [1.54, 1.807) is 12.1 Å². The van der Waals surface area contributed by atoms with Crippen LogP contribution >= 0.6 is 23.2 Å². The van der Waals surface area contributed by atoms with E-state index in [0.29, 0.717) is 47.1 Å². The number of aromatic nitrogens is 2. The minimum Gasteiger partial charge on any atom is -0.489 e. The molecule has 0 aliphatic heterocycles. The predicted molar refractivity (Wildman–Crippen MR) is 120 cm³/mol. The molecule has 1 aromatic heterocycles. The fourth-order valence-electron chi connectivity index (χ4n) is 2.70. The van der Waals surface area contributed by atoms with E-state index in [-0.39, 0.29) is 11.6 Å². The zero-order valence-corrected chi connectivity index (χ0v) is 18.0. The molecule has 2 aromatic carbocycles. The fourth-order valence-corrected chi connectivity index (χ4v) is 2.99. The van der Waals surface area contributed by atoms with Crippen molar-refractivity contribution in [1.82, 2.24) is 9.97 Å². The molecule has 3 rings (SSSR count). The number of amides is 1. The first-order chi connectivity index (χ1) is 15.0. The molecule has 0 unspecified atom stereocenters. The summed E-state index contributed by atoms with van der Waals surface area (Å²) in [5, 5.41) is 6.39. The molecule has 2 N–H and O–H groups in total. The van der Waals surface area contributed by atoms with Gasteiger partial charge >= 0.3 is 0 Å². The van der Waals surface area contributed by atoms with E-state index in [1.807, 2.05) is 6.92 Å². The first kappa shape index (κ1) is 22.7. The molecule has 7 nitrogen and oxygen atoms in total. The highest BCUT2D eigenvalue weighted by Gasteiger charge is 2.13. The standard InChI is InChI=1S/C21H19Cl2FN4O3/c1-2-30-7-8-31-19-11-17-14(10-18(19)28-20(29)5-6-22)21(26-12-25-17)27-13-3-4-16(24)15(23)9-13/h3-6,9-12H,2,7-8H2,1H3,(H,28,29)(H,25,26,27)/b6-5-. The van der Waals surface area contributed by atoms with Crippen molar-refractivity contribution in [3.63, 3.8) is 0 Å². The number of carbonyl (C=O) groups excluding carboxylic acids is 1. The number of nitrogens with zero attached hydrogens (tertiary/aromatic N) is 2. The lowest BCUT2D eigenvalue weighted by Gasteiger charge is -2.15. The maximum Gasteiger partial charge on any atom is 0.249 e. The number of rotatable bonds is 9. The Bertz CT molecular complexity index is 1110. The Morgan fingerprint density at radius 1 is 1.23 bits per heavy atom. The van der Waals surface area contributed by atoms with Crippen molar-refractivity contribution in [2.24, 2.45) is 0 Å². The van der Waals surface area contributed by atoms with Gasteiger partial charge in [-0.1, -0.05) is 23.2 Å². The smallest absolute Gasteiger partial charge is 0.249 e. The number of carbonyl (C=O) groups is 1. The van der Waals surface area contributed by atoms with E-state index in [4.69, 9.17) is 32.7 Å². The van der Waals surface area contributed by atoms with Crippen molar-refractivity contribution in [2.75, 3.05) is 30.5 Å². The van der Waals surface area contributed by atoms with Gasteiger partial charge in [-0.3, -0.25) is 4.79 Å². The van der Waals surface area contributed by atoms with E-state index in [2.05, 4.69) is 20.6 Å². The van der Waals surface area contributed by atoms with Crippen molar-refractivity contribution in [1.29, 1.82) is 0 Å². The lowest BCUT2D eigenvalue weighted by molar-refractivity contribution is -0.111. The van der Waals surface area contributed by atoms with E-state index >= 15 is 0 Å². The minimum atomic E-state index is -0.522. The molecule has 0 saturated carbocycles. The van der Waals surface area contributed by atoms with E-state index in [0.717, 1.165) is 5.54 Å². The van der Waals surface area contributed by atoms with Gasteiger partial charge in [0.2, 0.25) is 5.91 Å². The highest BCUT2D eigenvalue weighted by Crippen LogP contribution is 2.34. The Kier molecular flexibility index (Phi) is 8.00. The fraction of sp³-hybridized carbons (Fsp3) is 0.190. The number of halogens is 3. The average molecular weight is 465 g/mol. The van der Waals surface area contributed by atoms with Gasteiger partial charge in [0.15, 0.2) is 0 Å². The van der Waals surface area contributed by atoms with Gasteiger partial charge in [-0.25, -0.2) is 14.4 Å². The van der Waals surface area contributed by atoms with Crippen LogP contribution in [0.5, 0.6) is 5.75 Å². The van der Waals surface area contributed by atoms with Crippen molar-refractivity contribution >= 4 is 57.2 Å². The average Bonchev–Trinajstić information content (AvgIpc) is 2.74. The summed E-state index contributed by atoms with van der Waals surface area (Å²) in [6.07, 6.45) is 2.56. The maximum atomic E-state index is 13.5. The second-order valence-corrected chi connectivity index (χ2v) is 6.83. The molecule has 0 spiro atoms. The largest absolute Gasteiger partial charge is 0.489 e. The number of ether oxygens (including phenoxy) is 2. The van der Waals surface area contributed by atoms with E-state index < -0.39 is 11.7 Å². The van der Waals surface area contributed by atoms with Crippen LogP contribution < -0.4 is 15.4 Å². The van der Waals surface area contributed by atoms with Crippen molar-refractivity contribution in [2.45, 2.75) is 6.92 Å². The second-order valence-electron chi connectivity index (χ2n) is 6.17. The van der Waals surface area contributed by atoms with Gasteiger partial charge in [0.05, 0.1) is 22.8 Å². The Morgan fingerprint density at radius 2 is 2.06 bits per heavy atom. The van der Waals surface area contributed by atoms with Crippen molar-refractivity contribution < 1.29 is 18.7 Å². The number of hydrogen-bond acceptors (Lipinski definition) is 6. The third-order valence-corrected chi connectivity index (χ3v) is 4.50. The summed E-state index contributed by atoms with van der Waals surface area (Å²) >= 11 is 11.4. The summed E-state index contributed by atoms with van der Waals surface area (Å²) in [5.41, 5.74) is 2.63. The van der Waals surface area contributed by atoms with Crippen molar-refractivity contribution in [3.05, 3.63) is 59.1 Å². The predicted octanol–water partition coefficient (Wildman–Crippen LogP) is 5.27. The van der Waals surface area contributed by atoms with E-state index in [1.165, 1.54) is 30.6 Å². The quantitative estimate of drug-likeness (QED) is 0.331. The topological polar surface area (TPSA) is 85.4 Å². The summed E-state index contributed by atoms with van der Waals surface area (Å²) in [4.78, 5) is 20.6. The van der Waals surface area contributed by atoms with Crippen LogP contribution in [0, 0.1) is 5.82 Å². The van der Waals surface area contributed by atoms with Crippen LogP contribution in [0.3, 0.4) is 0 Å². The number of hydrogen-bond donors (Lipinski definition) is 2. The summed E-state index contributed by atoms with van der Waals surface area (Å²) < 4.78 is 24.5. The SMILES string of the molecule is CCOCCOc1cc2ncnc(Nc3ccc(F)c(Cl)c3)c2cc1NC(=O)/C=C\Cl. The molecule has 0 aliphatic rings. The third kappa shape index (κ3) is 6.04. The molecule has 0 radical (unpaired) electrons. The first-order valence-corrected chi connectivity index (χ1v) is 10.1. The van der Waals surface area contributed by atoms with Crippen LogP contribution in [0.2, 0.25) is 5.02 Å². The molecule has 0 saturated heterocycles. The summed E-state index contributed by atoms with van der Waals surface area (Å²) in [7, 11) is 0. The number of anilines is 3. The summed E-state index contributed by atoms with van der Waals surface area (Å²) in [6, 6.07) is 7.60. The van der Waals surface area contributed by atoms with Crippen LogP contribution in [-0.4, -0.2) is 35.7 Å². The molecule has 3 aromatic rings. The summed E-state index contributed by atoms with van der Waals surface area (Å²) in [6.45, 7) is 3.14. The van der Waals surface area contributed by atoms with Gasteiger partial charge < -0.3 is 20.1 Å². The molecule has 0 atom stereocenters. The van der Waals surface area contributed by atoms with Crippen LogP contribution in [0.4, 0.5) is 21.6 Å². The number of fused-ring (bicyclic) bond motifs is 1. The Hall–Kier alpha value is -2.94. The lowest BCUT2D eigenvalue weighted by atomic mass is 10.1. The second kappa shape index (κ2) is 10.9. The number of nitrogens with one attached hydrogen (secondary N) is 2. The molecule has 0 fully saturated rings. The highest BCUT2D eigenvalue weighted by molar-refractivity contribution is 6.31. The Labute approximate surface area is 188 Å². The van der Waals surface area contributed by atoms with E-state index in [9.17, 15) is 9.18 Å². The molecular weight excluding hydrogens is 446 g/mol. The Balaban J connectivity index is 1.98. The summed E-state index contributed by atoms with van der Waals surface area (Å²) in [5.74, 6) is -0.0958. The van der Waals surface area contributed by atoms with Gasteiger partial charge in [0.25, 0.3) is 0 Å². The molecule has 0 bridgehead atoms. The normalized spacial score (nSPS) is 11.1. The highest BCUT2D eigenvalue weighted by atomic mass is 35.5. The monoisotopic (exact) mass is 464 g/mol. The molecule has 31 heavy (non-hydrogen) atoms. The minimum absolute atomic E-state index is 0.0193. The van der Waals surface area contributed by atoms with Gasteiger partial charge in [-0.05, 0) is 31.2 Å². The Morgan fingerprint density at radius 3 is 2.81 bits per heavy atom. The zero-order valence-electron chi connectivity index (χ0n) is 16.5. The zero-order chi connectivity index (χ0) is 22.2. The maximum absolute atomic E-state index is 13.5. The first-order valence-electron chi connectivity index (χ1n) is 9.31. The molecule has 10 heteroatoms. The van der Waals surface area contributed by atoms with Gasteiger partial charge in [-0.15, -0.1) is 0 Å². The third-order valence-electron chi connectivity index (χ3n) is 4.08. The van der Waals surface area contributed by atoms with Crippen LogP contribution in [-0.2, 0) is 9.53 Å².